The molecular weight excluding hydrogens is 295 g/mol. The number of likely N-dealkylation sites (tertiary alicyclic amines) is 1. The summed E-state index contributed by atoms with van der Waals surface area (Å²) in [6.07, 6.45) is 1.38. The molecule has 120 valence electrons. The van der Waals surface area contributed by atoms with Crippen LogP contribution in [-0.4, -0.2) is 35.4 Å². The van der Waals surface area contributed by atoms with E-state index in [1.54, 1.807) is 4.90 Å². The summed E-state index contributed by atoms with van der Waals surface area (Å²) in [6, 6.07) is 2.67. The van der Waals surface area contributed by atoms with E-state index in [4.69, 9.17) is 0 Å². The van der Waals surface area contributed by atoms with E-state index in [2.05, 4.69) is 10.3 Å². The van der Waals surface area contributed by atoms with Gasteiger partial charge in [0.05, 0.1) is 5.56 Å². The van der Waals surface area contributed by atoms with Gasteiger partial charge in [0.25, 0.3) is 0 Å². The van der Waals surface area contributed by atoms with Crippen LogP contribution in [0.1, 0.15) is 31.2 Å². The number of carbonyl (C=O) groups is 1. The number of rotatable bonds is 3. The van der Waals surface area contributed by atoms with E-state index >= 15 is 0 Å². The summed E-state index contributed by atoms with van der Waals surface area (Å²) in [5.74, 6) is 0.483. The summed E-state index contributed by atoms with van der Waals surface area (Å²) in [5.41, 5.74) is -0.462. The minimum Gasteiger partial charge on any atom is -0.367 e. The van der Waals surface area contributed by atoms with Crippen molar-refractivity contribution in [2.75, 3.05) is 18.4 Å². The van der Waals surface area contributed by atoms with Gasteiger partial charge >= 0.3 is 6.18 Å². The lowest BCUT2D eigenvalue weighted by atomic mass is 9.67. The van der Waals surface area contributed by atoms with Crippen LogP contribution in [0.2, 0.25) is 0 Å². The van der Waals surface area contributed by atoms with Crippen molar-refractivity contribution in [2.45, 2.75) is 37.9 Å². The molecule has 1 aromatic rings. The highest BCUT2D eigenvalue weighted by Crippen LogP contribution is 2.43. The van der Waals surface area contributed by atoms with Crippen molar-refractivity contribution in [3.63, 3.8) is 0 Å². The molecule has 0 radical (unpaired) electrons. The summed E-state index contributed by atoms with van der Waals surface area (Å²) in [5, 5.41) is 3.21. The second-order valence-corrected chi connectivity index (χ2v) is 6.36. The van der Waals surface area contributed by atoms with Gasteiger partial charge in [-0.1, -0.05) is 0 Å². The van der Waals surface area contributed by atoms with Crippen LogP contribution in [0.4, 0.5) is 19.0 Å². The summed E-state index contributed by atoms with van der Waals surface area (Å²) < 4.78 is 37.4. The van der Waals surface area contributed by atoms with Crippen molar-refractivity contribution in [3.8, 4) is 0 Å². The first-order valence-electron chi connectivity index (χ1n) is 7.39. The Morgan fingerprint density at radius 1 is 1.27 bits per heavy atom. The van der Waals surface area contributed by atoms with E-state index in [0.29, 0.717) is 5.82 Å². The number of alkyl halides is 3. The smallest absolute Gasteiger partial charge is 0.367 e. The summed E-state index contributed by atoms with van der Waals surface area (Å²) in [7, 11) is 0. The second kappa shape index (κ2) is 5.44. The van der Waals surface area contributed by atoms with Crippen molar-refractivity contribution in [1.82, 2.24) is 9.88 Å². The van der Waals surface area contributed by atoms with Crippen molar-refractivity contribution in [3.05, 3.63) is 23.9 Å². The van der Waals surface area contributed by atoms with E-state index in [-0.39, 0.29) is 11.5 Å². The summed E-state index contributed by atoms with van der Waals surface area (Å²) in [6.45, 7) is 1.67. The van der Waals surface area contributed by atoms with E-state index in [0.717, 1.165) is 57.4 Å². The molecule has 0 unspecified atom stereocenters. The Bertz CT molecular complexity index is 528. The number of hydrogen-bond donors (Lipinski definition) is 1. The SMILES string of the molecule is O=CN1CC2(CCC(Nc3ccc(C(F)(F)F)cn3)CC2)C1. The van der Waals surface area contributed by atoms with Crippen LogP contribution in [0.25, 0.3) is 0 Å². The maximum atomic E-state index is 12.5. The van der Waals surface area contributed by atoms with Gasteiger partial charge in [-0.15, -0.1) is 0 Å². The monoisotopic (exact) mass is 313 g/mol. The van der Waals surface area contributed by atoms with Crippen molar-refractivity contribution < 1.29 is 18.0 Å². The Balaban J connectivity index is 1.52. The van der Waals surface area contributed by atoms with Gasteiger partial charge in [0.2, 0.25) is 6.41 Å². The number of aromatic nitrogens is 1. The van der Waals surface area contributed by atoms with E-state index < -0.39 is 11.7 Å². The molecule has 1 spiro atoms. The molecule has 4 nitrogen and oxygen atoms in total. The molecule has 2 aliphatic rings. The fourth-order valence-corrected chi connectivity index (χ4v) is 3.44. The van der Waals surface area contributed by atoms with Gasteiger partial charge in [0, 0.05) is 30.7 Å². The first-order valence-corrected chi connectivity index (χ1v) is 7.39. The molecule has 1 saturated heterocycles. The molecule has 1 aliphatic heterocycles. The van der Waals surface area contributed by atoms with Gasteiger partial charge in [-0.2, -0.15) is 13.2 Å². The molecule has 1 N–H and O–H groups in total. The molecular formula is C15H18F3N3O. The molecule has 22 heavy (non-hydrogen) atoms. The molecule has 2 heterocycles. The van der Waals surface area contributed by atoms with Crippen LogP contribution >= 0.6 is 0 Å². The molecule has 1 aromatic heterocycles. The minimum absolute atomic E-state index is 0.236. The Morgan fingerprint density at radius 3 is 2.45 bits per heavy atom. The topological polar surface area (TPSA) is 45.2 Å². The lowest BCUT2D eigenvalue weighted by molar-refractivity contribution is -0.137. The van der Waals surface area contributed by atoms with Gasteiger partial charge in [0.15, 0.2) is 0 Å². The third kappa shape index (κ3) is 3.03. The quantitative estimate of drug-likeness (QED) is 0.873. The molecule has 0 aromatic carbocycles. The lowest BCUT2D eigenvalue weighted by Gasteiger charge is -2.52. The fraction of sp³-hybridized carbons (Fsp3) is 0.600. The lowest BCUT2D eigenvalue weighted by Crippen LogP contribution is -2.57. The highest BCUT2D eigenvalue weighted by atomic mass is 19.4. The second-order valence-electron chi connectivity index (χ2n) is 6.36. The van der Waals surface area contributed by atoms with Gasteiger partial charge in [-0.25, -0.2) is 4.98 Å². The number of halogens is 3. The average molecular weight is 313 g/mol. The Hall–Kier alpha value is -1.79. The minimum atomic E-state index is -4.35. The van der Waals surface area contributed by atoms with Gasteiger partial charge in [-0.05, 0) is 37.8 Å². The molecule has 7 heteroatoms. The van der Waals surface area contributed by atoms with Gasteiger partial charge in [0.1, 0.15) is 5.82 Å². The van der Waals surface area contributed by atoms with Crippen molar-refractivity contribution in [2.24, 2.45) is 5.41 Å². The third-order valence-corrected chi connectivity index (χ3v) is 4.72. The van der Waals surface area contributed by atoms with Crippen LogP contribution in [-0.2, 0) is 11.0 Å². The van der Waals surface area contributed by atoms with Gasteiger partial charge in [-0.3, -0.25) is 4.79 Å². The predicted molar refractivity (Wildman–Crippen MR) is 75.2 cm³/mol. The van der Waals surface area contributed by atoms with Crippen LogP contribution in [0.5, 0.6) is 0 Å². The predicted octanol–water partition coefficient (Wildman–Crippen LogP) is 2.91. The number of anilines is 1. The Labute approximate surface area is 126 Å². The number of nitrogens with one attached hydrogen (secondary N) is 1. The molecule has 0 atom stereocenters. The van der Waals surface area contributed by atoms with Crippen molar-refractivity contribution >= 4 is 12.2 Å². The van der Waals surface area contributed by atoms with Crippen molar-refractivity contribution in [1.29, 1.82) is 0 Å². The third-order valence-electron chi connectivity index (χ3n) is 4.72. The largest absolute Gasteiger partial charge is 0.417 e. The normalized spacial score (nSPS) is 21.5. The number of hydrogen-bond acceptors (Lipinski definition) is 3. The maximum Gasteiger partial charge on any atom is 0.417 e. The summed E-state index contributed by atoms with van der Waals surface area (Å²) >= 11 is 0. The molecule has 1 amide bonds. The standard InChI is InChI=1S/C15H18F3N3O/c16-15(17,18)11-1-2-13(19-7-11)20-12-3-5-14(6-4-12)8-21(9-14)10-22/h1-2,7,10,12H,3-6,8-9H2,(H,19,20). The average Bonchev–Trinajstić information content (AvgIpc) is 2.45. The van der Waals surface area contributed by atoms with Crippen LogP contribution < -0.4 is 5.32 Å². The first-order chi connectivity index (χ1) is 10.4. The van der Waals surface area contributed by atoms with E-state index in [9.17, 15) is 18.0 Å². The maximum absolute atomic E-state index is 12.5. The number of amides is 1. The number of pyridine rings is 1. The molecule has 1 saturated carbocycles. The number of carbonyl (C=O) groups excluding carboxylic acids is 1. The summed E-state index contributed by atoms with van der Waals surface area (Å²) in [4.78, 5) is 16.3. The van der Waals surface area contributed by atoms with Crippen LogP contribution in [0.15, 0.2) is 18.3 Å². The first kappa shape index (κ1) is 15.1. The van der Waals surface area contributed by atoms with E-state index in [1.807, 2.05) is 0 Å². The zero-order chi connectivity index (χ0) is 15.8. The number of nitrogens with zero attached hydrogens (tertiary/aromatic N) is 2. The fourth-order valence-electron chi connectivity index (χ4n) is 3.44. The van der Waals surface area contributed by atoms with Gasteiger partial charge < -0.3 is 10.2 Å². The molecule has 2 fully saturated rings. The zero-order valence-electron chi connectivity index (χ0n) is 12.1. The highest BCUT2D eigenvalue weighted by Gasteiger charge is 2.44. The Kier molecular flexibility index (Phi) is 3.74. The van der Waals surface area contributed by atoms with Crippen LogP contribution in [0, 0.1) is 5.41 Å². The molecule has 3 rings (SSSR count). The molecule has 0 bridgehead atoms. The molecule has 1 aliphatic carbocycles. The van der Waals surface area contributed by atoms with E-state index in [1.165, 1.54) is 6.07 Å². The van der Waals surface area contributed by atoms with Crippen LogP contribution in [0.3, 0.4) is 0 Å². The Morgan fingerprint density at radius 2 is 1.95 bits per heavy atom. The zero-order valence-corrected chi connectivity index (χ0v) is 12.1. The highest BCUT2D eigenvalue weighted by molar-refractivity contribution is 5.49.